The molecule has 0 amide bonds. The fraction of sp³-hybridized carbons (Fsp3) is 0.467. The molecule has 5 heteroatoms. The monoisotopic (exact) mass is 356 g/mol. The molecule has 0 bridgehead atoms. The summed E-state index contributed by atoms with van der Waals surface area (Å²) in [4.78, 5) is 25.6. The van der Waals surface area contributed by atoms with Gasteiger partial charge in [-0.1, -0.05) is 0 Å². The van der Waals surface area contributed by atoms with E-state index in [1.54, 1.807) is 39.0 Å². The lowest BCUT2D eigenvalue weighted by molar-refractivity contribution is -0.144. The zero-order valence-corrected chi connectivity index (χ0v) is 14.4. The molecule has 1 aromatic rings. The van der Waals surface area contributed by atoms with E-state index in [1.807, 2.05) is 12.1 Å². The first-order chi connectivity index (χ1) is 9.15. The molecule has 0 saturated carbocycles. The van der Waals surface area contributed by atoms with Crippen LogP contribution in [0.2, 0.25) is 0 Å². The largest absolute Gasteiger partial charge is 0.491 e. The first kappa shape index (κ1) is 15.4. The molecule has 0 fully saturated rings. The lowest BCUT2D eigenvalue weighted by atomic mass is 9.66. The van der Waals surface area contributed by atoms with Crippen LogP contribution in [-0.4, -0.2) is 11.6 Å². The van der Waals surface area contributed by atoms with Crippen molar-refractivity contribution in [2.45, 2.75) is 34.3 Å². The summed E-state index contributed by atoms with van der Waals surface area (Å²) in [6.45, 7) is 7.32. The van der Waals surface area contributed by atoms with E-state index < -0.39 is 10.8 Å². The summed E-state index contributed by atoms with van der Waals surface area (Å²) in [7, 11) is 0. The fourth-order valence-electron chi connectivity index (χ4n) is 2.29. The van der Waals surface area contributed by atoms with Gasteiger partial charge in [-0.05, 0) is 55.8 Å². The van der Waals surface area contributed by atoms with E-state index in [2.05, 4.69) is 15.9 Å². The summed E-state index contributed by atoms with van der Waals surface area (Å²) < 4.78 is 6.77. The molecule has 0 spiro atoms. The average Bonchev–Trinajstić information content (AvgIpc) is 2.77. The normalized spacial score (nSPS) is 20.8. The van der Waals surface area contributed by atoms with E-state index in [1.165, 1.54) is 6.08 Å². The van der Waals surface area contributed by atoms with Gasteiger partial charge < -0.3 is 4.74 Å². The highest BCUT2D eigenvalue weighted by molar-refractivity contribution is 9.11. The number of Topliss-reactive ketones (excluding diaryl/α,β-unsaturated/α-hetero) is 1. The van der Waals surface area contributed by atoms with Crippen LogP contribution in [0.3, 0.4) is 0 Å². The Morgan fingerprint density at radius 3 is 2.35 bits per heavy atom. The number of carbonyl (C=O) groups is 2. The van der Waals surface area contributed by atoms with Crippen LogP contribution in [-0.2, 0) is 20.9 Å². The van der Waals surface area contributed by atoms with Gasteiger partial charge in [-0.15, -0.1) is 11.3 Å². The number of halogens is 1. The van der Waals surface area contributed by atoms with E-state index >= 15 is 0 Å². The molecular weight excluding hydrogens is 340 g/mol. The van der Waals surface area contributed by atoms with Crippen LogP contribution in [0.5, 0.6) is 0 Å². The Hall–Kier alpha value is -0.940. The highest BCUT2D eigenvalue weighted by Gasteiger charge is 2.50. The summed E-state index contributed by atoms with van der Waals surface area (Å²) in [5, 5.41) is 0. The third-order valence-electron chi connectivity index (χ3n) is 3.63. The molecule has 0 aromatic carbocycles. The second-order valence-electron chi connectivity index (χ2n) is 5.95. The van der Waals surface area contributed by atoms with Crippen LogP contribution in [0.15, 0.2) is 27.8 Å². The topological polar surface area (TPSA) is 43.4 Å². The smallest absolute Gasteiger partial charge is 0.172 e. The maximum Gasteiger partial charge on any atom is 0.172 e. The molecule has 20 heavy (non-hydrogen) atoms. The van der Waals surface area contributed by atoms with Crippen molar-refractivity contribution in [1.29, 1.82) is 0 Å². The molecule has 0 aliphatic heterocycles. The molecule has 1 aromatic heterocycles. The summed E-state index contributed by atoms with van der Waals surface area (Å²) in [5.41, 5.74) is -1.74. The Bertz CT molecular complexity index is 596. The number of rotatable bonds is 3. The van der Waals surface area contributed by atoms with Crippen LogP contribution in [0.1, 0.15) is 32.6 Å². The Morgan fingerprint density at radius 1 is 1.15 bits per heavy atom. The van der Waals surface area contributed by atoms with Gasteiger partial charge in [0.1, 0.15) is 12.4 Å². The Morgan fingerprint density at radius 2 is 1.80 bits per heavy atom. The van der Waals surface area contributed by atoms with E-state index in [4.69, 9.17) is 4.74 Å². The van der Waals surface area contributed by atoms with Gasteiger partial charge in [0, 0.05) is 11.0 Å². The third kappa shape index (κ3) is 2.61. The van der Waals surface area contributed by atoms with Crippen molar-refractivity contribution in [2.75, 3.05) is 0 Å². The number of allylic oxidation sites excluding steroid dienone is 2. The van der Waals surface area contributed by atoms with Crippen molar-refractivity contribution >= 4 is 38.8 Å². The maximum absolute atomic E-state index is 12.5. The minimum absolute atomic E-state index is 0.0974. The molecule has 3 nitrogen and oxygen atoms in total. The molecule has 0 N–H and O–H groups in total. The van der Waals surface area contributed by atoms with Crippen LogP contribution in [0.4, 0.5) is 0 Å². The van der Waals surface area contributed by atoms with E-state index in [9.17, 15) is 9.59 Å². The molecular formula is C15H17BrO3S. The lowest BCUT2D eigenvalue weighted by Crippen LogP contribution is -2.46. The van der Waals surface area contributed by atoms with E-state index in [-0.39, 0.29) is 11.6 Å². The van der Waals surface area contributed by atoms with Crippen LogP contribution in [0, 0.1) is 10.8 Å². The predicted molar refractivity (Wildman–Crippen MR) is 82.5 cm³/mol. The summed E-state index contributed by atoms with van der Waals surface area (Å²) >= 11 is 4.97. The SMILES string of the molecule is CC1(C)C(=O)C=C(OCc2ccc(Br)s2)C(C)(C)C1=O. The molecule has 0 radical (unpaired) electrons. The van der Waals surface area contributed by atoms with Gasteiger partial charge in [0.25, 0.3) is 0 Å². The number of thiophene rings is 1. The number of carbonyl (C=O) groups excluding carboxylic acids is 2. The number of hydrogen-bond acceptors (Lipinski definition) is 4. The minimum Gasteiger partial charge on any atom is -0.491 e. The number of ether oxygens (including phenoxy) is 1. The molecule has 0 atom stereocenters. The second kappa shape index (κ2) is 5.11. The zero-order valence-electron chi connectivity index (χ0n) is 12.0. The lowest BCUT2D eigenvalue weighted by Gasteiger charge is -2.37. The molecule has 108 valence electrons. The number of ketones is 2. The molecule has 0 unspecified atom stereocenters. The van der Waals surface area contributed by atoms with Crippen molar-refractivity contribution in [2.24, 2.45) is 10.8 Å². The van der Waals surface area contributed by atoms with Crippen LogP contribution in [0.25, 0.3) is 0 Å². The van der Waals surface area contributed by atoms with Gasteiger partial charge in [0.15, 0.2) is 11.6 Å². The van der Waals surface area contributed by atoms with Crippen LogP contribution < -0.4 is 0 Å². The van der Waals surface area contributed by atoms with Gasteiger partial charge in [0.05, 0.1) is 14.6 Å². The average molecular weight is 357 g/mol. The fourth-order valence-corrected chi connectivity index (χ4v) is 3.68. The number of hydrogen-bond donors (Lipinski definition) is 0. The minimum atomic E-state index is -0.970. The van der Waals surface area contributed by atoms with Crippen molar-refractivity contribution in [3.63, 3.8) is 0 Å². The van der Waals surface area contributed by atoms with Crippen LogP contribution >= 0.6 is 27.3 Å². The van der Waals surface area contributed by atoms with E-state index in [0.717, 1.165) is 8.66 Å². The summed E-state index contributed by atoms with van der Waals surface area (Å²) in [5.74, 6) is 0.167. The molecule has 0 saturated heterocycles. The first-order valence-corrected chi connectivity index (χ1v) is 7.95. The Balaban J connectivity index is 2.22. The molecule has 1 heterocycles. The quantitative estimate of drug-likeness (QED) is 0.765. The highest BCUT2D eigenvalue weighted by atomic mass is 79.9. The Labute approximate surface area is 131 Å². The first-order valence-electron chi connectivity index (χ1n) is 6.34. The predicted octanol–water partition coefficient (Wildman–Crippen LogP) is 4.12. The highest BCUT2D eigenvalue weighted by Crippen LogP contribution is 2.41. The van der Waals surface area contributed by atoms with Crippen molar-refractivity contribution in [3.05, 3.63) is 32.6 Å². The van der Waals surface area contributed by atoms with Gasteiger partial charge >= 0.3 is 0 Å². The molecule has 1 aliphatic carbocycles. The van der Waals surface area contributed by atoms with Gasteiger partial charge in [-0.3, -0.25) is 9.59 Å². The van der Waals surface area contributed by atoms with E-state index in [0.29, 0.717) is 12.4 Å². The second-order valence-corrected chi connectivity index (χ2v) is 8.49. The Kier molecular flexibility index (Phi) is 3.95. The van der Waals surface area contributed by atoms with Crippen molar-refractivity contribution < 1.29 is 14.3 Å². The molecule has 2 rings (SSSR count). The van der Waals surface area contributed by atoms with Crippen molar-refractivity contribution in [3.8, 4) is 0 Å². The maximum atomic E-state index is 12.5. The van der Waals surface area contributed by atoms with Gasteiger partial charge in [-0.25, -0.2) is 0 Å². The van der Waals surface area contributed by atoms with Gasteiger partial charge in [0.2, 0.25) is 0 Å². The van der Waals surface area contributed by atoms with Crippen molar-refractivity contribution in [1.82, 2.24) is 0 Å². The third-order valence-corrected chi connectivity index (χ3v) is 5.23. The molecule has 1 aliphatic rings. The summed E-state index contributed by atoms with van der Waals surface area (Å²) in [6, 6.07) is 3.90. The van der Waals surface area contributed by atoms with Gasteiger partial charge in [-0.2, -0.15) is 0 Å². The zero-order chi connectivity index (χ0) is 15.1. The summed E-state index contributed by atoms with van der Waals surface area (Å²) in [6.07, 6.45) is 1.48. The standard InChI is InChI=1S/C15H17BrO3S/c1-14(2)10(17)7-11(15(3,4)13(14)18)19-8-9-5-6-12(16)20-9/h5-7H,8H2,1-4H3.